The van der Waals surface area contributed by atoms with E-state index in [1.54, 1.807) is 0 Å². The van der Waals surface area contributed by atoms with Gasteiger partial charge in [-0.2, -0.15) is 0 Å². The molecule has 0 bridgehead atoms. The van der Waals surface area contributed by atoms with Gasteiger partial charge in [0, 0.05) is 37.4 Å². The summed E-state index contributed by atoms with van der Waals surface area (Å²) in [5.74, 6) is 0. The molecule has 28 heavy (non-hydrogen) atoms. The number of H-pyrrole nitrogens is 1. The van der Waals surface area contributed by atoms with Crippen molar-refractivity contribution in [3.8, 4) is 0 Å². The van der Waals surface area contributed by atoms with Gasteiger partial charge in [0.1, 0.15) is 0 Å². The molecule has 2 aromatic carbocycles. The zero-order valence-corrected chi connectivity index (χ0v) is 16.6. The quantitative estimate of drug-likeness (QED) is 0.652. The normalized spacial score (nSPS) is 13.8. The van der Waals surface area contributed by atoms with Crippen molar-refractivity contribution < 1.29 is 4.79 Å². The summed E-state index contributed by atoms with van der Waals surface area (Å²) in [6.07, 6.45) is 4.14. The van der Waals surface area contributed by atoms with E-state index in [0.717, 1.165) is 30.5 Å². The highest BCUT2D eigenvalue weighted by Gasteiger charge is 2.32. The molecule has 1 saturated carbocycles. The van der Waals surface area contributed by atoms with E-state index in [0.29, 0.717) is 19.1 Å². The molecule has 5 nitrogen and oxygen atoms in total. The smallest absolute Gasteiger partial charge is 0.318 e. The van der Waals surface area contributed by atoms with Crippen molar-refractivity contribution in [1.82, 2.24) is 20.1 Å². The highest BCUT2D eigenvalue weighted by molar-refractivity contribution is 5.80. The molecule has 5 heteroatoms. The third kappa shape index (κ3) is 4.54. The van der Waals surface area contributed by atoms with Crippen LogP contribution in [0, 0.1) is 0 Å². The Bertz CT molecular complexity index is 958. The third-order valence-electron chi connectivity index (χ3n) is 5.15. The summed E-state index contributed by atoms with van der Waals surface area (Å²) in [6, 6.07) is 17.2. The van der Waals surface area contributed by atoms with E-state index in [1.165, 1.54) is 16.5 Å². The fraction of sp³-hybridized carbons (Fsp3) is 0.348. The van der Waals surface area contributed by atoms with Gasteiger partial charge in [0.05, 0.1) is 0 Å². The summed E-state index contributed by atoms with van der Waals surface area (Å²) in [4.78, 5) is 20.2. The first kappa shape index (κ1) is 18.6. The number of carbonyl (C=O) groups is 1. The summed E-state index contributed by atoms with van der Waals surface area (Å²) in [7, 11) is 4.12. The number of fused-ring (bicyclic) bond motifs is 1. The molecule has 2 amide bonds. The first-order valence-corrected chi connectivity index (χ1v) is 9.91. The van der Waals surface area contributed by atoms with Crippen molar-refractivity contribution in [2.45, 2.75) is 38.5 Å². The van der Waals surface area contributed by atoms with E-state index < -0.39 is 0 Å². The molecule has 0 unspecified atom stereocenters. The maximum atomic E-state index is 12.9. The van der Waals surface area contributed by atoms with Crippen molar-refractivity contribution in [1.29, 1.82) is 0 Å². The van der Waals surface area contributed by atoms with Crippen LogP contribution in [-0.2, 0) is 19.6 Å². The van der Waals surface area contributed by atoms with Crippen LogP contribution < -0.4 is 5.32 Å². The Labute approximate surface area is 166 Å². The van der Waals surface area contributed by atoms with Crippen molar-refractivity contribution in [3.05, 3.63) is 71.4 Å². The molecule has 1 aliphatic rings. The van der Waals surface area contributed by atoms with Crippen LogP contribution in [-0.4, -0.2) is 41.0 Å². The standard InChI is InChI=1S/C23H28N4O/c1-26(2)15-18-5-3-4-17(12-18)14-25-23(28)27(21-7-8-21)16-19-6-9-22-20(13-19)10-11-24-22/h3-6,9-13,21,24H,7-8,14-16H2,1-2H3,(H,25,28). The molecule has 146 valence electrons. The van der Waals surface area contributed by atoms with Crippen LogP contribution in [0.4, 0.5) is 4.79 Å². The number of benzene rings is 2. The summed E-state index contributed by atoms with van der Waals surface area (Å²) >= 11 is 0. The van der Waals surface area contributed by atoms with Crippen LogP contribution in [0.25, 0.3) is 10.9 Å². The summed E-state index contributed by atoms with van der Waals surface area (Å²) < 4.78 is 0. The fourth-order valence-corrected chi connectivity index (χ4v) is 3.63. The molecule has 1 aromatic heterocycles. The zero-order valence-electron chi connectivity index (χ0n) is 16.6. The first-order valence-electron chi connectivity index (χ1n) is 9.91. The molecule has 2 N–H and O–H groups in total. The first-order chi connectivity index (χ1) is 13.6. The van der Waals surface area contributed by atoms with Crippen molar-refractivity contribution in [2.24, 2.45) is 0 Å². The Balaban J connectivity index is 1.40. The number of aromatic nitrogens is 1. The lowest BCUT2D eigenvalue weighted by Gasteiger charge is -2.23. The van der Waals surface area contributed by atoms with Crippen LogP contribution in [0.3, 0.4) is 0 Å². The average Bonchev–Trinajstić information content (AvgIpc) is 3.41. The van der Waals surface area contributed by atoms with Crippen molar-refractivity contribution >= 4 is 16.9 Å². The van der Waals surface area contributed by atoms with Crippen LogP contribution >= 0.6 is 0 Å². The number of hydrogen-bond donors (Lipinski definition) is 2. The predicted octanol–water partition coefficient (Wildman–Crippen LogP) is 4.10. The van der Waals surface area contributed by atoms with Crippen LogP contribution in [0.1, 0.15) is 29.5 Å². The van der Waals surface area contributed by atoms with Crippen LogP contribution in [0.15, 0.2) is 54.7 Å². The minimum absolute atomic E-state index is 0.0229. The molecular weight excluding hydrogens is 348 g/mol. The van der Waals surface area contributed by atoms with Gasteiger partial charge >= 0.3 is 6.03 Å². The minimum atomic E-state index is 0.0229. The Hall–Kier alpha value is -2.79. The molecule has 3 aromatic rings. The lowest BCUT2D eigenvalue weighted by molar-refractivity contribution is 0.191. The second-order valence-corrected chi connectivity index (χ2v) is 7.97. The zero-order chi connectivity index (χ0) is 19.5. The maximum absolute atomic E-state index is 12.9. The van der Waals surface area contributed by atoms with E-state index in [2.05, 4.69) is 77.8 Å². The SMILES string of the molecule is CN(C)Cc1cccc(CNC(=O)N(Cc2ccc3[nH]ccc3c2)C2CC2)c1. The molecule has 1 fully saturated rings. The number of urea groups is 1. The molecular formula is C23H28N4O. The molecule has 0 atom stereocenters. The molecule has 0 spiro atoms. The van der Waals surface area contributed by atoms with Gasteiger partial charge in [-0.3, -0.25) is 0 Å². The van der Waals surface area contributed by atoms with Crippen LogP contribution in [0.5, 0.6) is 0 Å². The molecule has 1 heterocycles. The van der Waals surface area contributed by atoms with Gasteiger partial charge in [0.15, 0.2) is 0 Å². The Kier molecular flexibility index (Phi) is 5.35. The number of aromatic amines is 1. The largest absolute Gasteiger partial charge is 0.361 e. The monoisotopic (exact) mass is 376 g/mol. The van der Waals surface area contributed by atoms with Crippen LogP contribution in [0.2, 0.25) is 0 Å². The van der Waals surface area contributed by atoms with Crippen molar-refractivity contribution in [2.75, 3.05) is 14.1 Å². The molecule has 0 saturated heterocycles. The third-order valence-corrected chi connectivity index (χ3v) is 5.15. The Morgan fingerprint density at radius 1 is 1.04 bits per heavy atom. The highest BCUT2D eigenvalue weighted by atomic mass is 16.2. The number of hydrogen-bond acceptors (Lipinski definition) is 2. The summed E-state index contributed by atoms with van der Waals surface area (Å²) in [6.45, 7) is 2.11. The maximum Gasteiger partial charge on any atom is 0.318 e. The van der Waals surface area contributed by atoms with Gasteiger partial charge in [0.2, 0.25) is 0 Å². The molecule has 0 aliphatic heterocycles. The summed E-state index contributed by atoms with van der Waals surface area (Å²) in [5.41, 5.74) is 4.69. The molecule has 4 rings (SSSR count). The highest BCUT2D eigenvalue weighted by Crippen LogP contribution is 2.29. The van der Waals surface area contributed by atoms with Gasteiger partial charge in [-0.1, -0.05) is 30.3 Å². The molecule has 0 radical (unpaired) electrons. The molecule has 1 aliphatic carbocycles. The Morgan fingerprint density at radius 2 is 1.82 bits per heavy atom. The van der Waals surface area contributed by atoms with E-state index in [9.17, 15) is 4.79 Å². The van der Waals surface area contributed by atoms with E-state index in [-0.39, 0.29) is 6.03 Å². The topological polar surface area (TPSA) is 51.4 Å². The number of amides is 2. The van der Waals surface area contributed by atoms with Crippen molar-refractivity contribution in [3.63, 3.8) is 0 Å². The average molecular weight is 377 g/mol. The van der Waals surface area contributed by atoms with E-state index in [1.807, 2.05) is 11.1 Å². The Morgan fingerprint density at radius 3 is 2.61 bits per heavy atom. The fourth-order valence-electron chi connectivity index (χ4n) is 3.63. The second-order valence-electron chi connectivity index (χ2n) is 7.97. The second kappa shape index (κ2) is 8.07. The van der Waals surface area contributed by atoms with Gasteiger partial charge in [-0.15, -0.1) is 0 Å². The van der Waals surface area contributed by atoms with Gasteiger partial charge in [-0.05, 0) is 67.2 Å². The van der Waals surface area contributed by atoms with Gasteiger partial charge < -0.3 is 20.1 Å². The summed E-state index contributed by atoms with van der Waals surface area (Å²) in [5, 5.41) is 4.31. The predicted molar refractivity (Wildman–Crippen MR) is 113 cm³/mol. The lowest BCUT2D eigenvalue weighted by Crippen LogP contribution is -2.40. The van der Waals surface area contributed by atoms with E-state index >= 15 is 0 Å². The van der Waals surface area contributed by atoms with E-state index in [4.69, 9.17) is 0 Å². The number of rotatable bonds is 7. The number of carbonyl (C=O) groups excluding carboxylic acids is 1. The minimum Gasteiger partial charge on any atom is -0.361 e. The number of nitrogens with one attached hydrogen (secondary N) is 2. The van der Waals surface area contributed by atoms with Gasteiger partial charge in [-0.25, -0.2) is 4.79 Å². The number of nitrogens with zero attached hydrogens (tertiary/aromatic N) is 2. The van der Waals surface area contributed by atoms with Gasteiger partial charge in [0.25, 0.3) is 0 Å². The lowest BCUT2D eigenvalue weighted by atomic mass is 10.1.